The summed E-state index contributed by atoms with van der Waals surface area (Å²) in [5.41, 5.74) is 3.96. The molecular formula is C30H35BrF3N5O5. The average Bonchev–Trinajstić information content (AvgIpc) is 3.50. The maximum Gasteiger partial charge on any atom is 0.490 e. The molecule has 2 aromatic carbocycles. The van der Waals surface area contributed by atoms with Gasteiger partial charge in [-0.05, 0) is 85.0 Å². The molecule has 1 saturated carbocycles. The molecule has 1 aliphatic heterocycles. The van der Waals surface area contributed by atoms with E-state index in [4.69, 9.17) is 19.4 Å². The smallest absolute Gasteiger partial charge is 0.490 e. The molecule has 3 unspecified atom stereocenters. The van der Waals surface area contributed by atoms with E-state index in [9.17, 15) is 18.0 Å². The van der Waals surface area contributed by atoms with Crippen LogP contribution in [-0.4, -0.2) is 77.9 Å². The van der Waals surface area contributed by atoms with Crippen molar-refractivity contribution in [1.29, 1.82) is 0 Å². The first kappa shape index (κ1) is 33.1. The molecule has 2 aliphatic rings. The van der Waals surface area contributed by atoms with Gasteiger partial charge in [-0.1, -0.05) is 18.2 Å². The minimum atomic E-state index is -5.08. The molecule has 1 saturated heterocycles. The number of nitrogens with zero attached hydrogens (tertiary/aromatic N) is 3. The Morgan fingerprint density at radius 1 is 1.07 bits per heavy atom. The molecule has 3 atom stereocenters. The number of carboxylic acids is 1. The Labute approximate surface area is 261 Å². The van der Waals surface area contributed by atoms with Gasteiger partial charge < -0.3 is 30.1 Å². The summed E-state index contributed by atoms with van der Waals surface area (Å²) in [5, 5.41) is 17.8. The van der Waals surface area contributed by atoms with Crippen molar-refractivity contribution in [2.24, 2.45) is 7.05 Å². The Kier molecular flexibility index (Phi) is 10.1. The summed E-state index contributed by atoms with van der Waals surface area (Å²) in [6.45, 7) is 1.04. The topological polar surface area (TPSA) is 118 Å². The fourth-order valence-electron chi connectivity index (χ4n) is 6.11. The van der Waals surface area contributed by atoms with E-state index >= 15 is 0 Å². The number of likely N-dealkylation sites (N-methyl/N-ethyl adjacent to an activating group) is 1. The third kappa shape index (κ3) is 7.29. The van der Waals surface area contributed by atoms with E-state index in [0.717, 1.165) is 65.1 Å². The van der Waals surface area contributed by atoms with Crippen LogP contribution in [0, 0.1) is 0 Å². The van der Waals surface area contributed by atoms with Crippen molar-refractivity contribution in [1.82, 2.24) is 20.0 Å². The first-order chi connectivity index (χ1) is 20.8. The normalized spacial score (nSPS) is 21.5. The molecule has 0 bridgehead atoms. The number of nitrogens with one attached hydrogen (secondary N) is 2. The predicted molar refractivity (Wildman–Crippen MR) is 162 cm³/mol. The number of aliphatic carboxylic acids is 1. The van der Waals surface area contributed by atoms with Crippen molar-refractivity contribution < 1.29 is 37.3 Å². The number of amides is 2. The summed E-state index contributed by atoms with van der Waals surface area (Å²) in [4.78, 5) is 24.2. The van der Waals surface area contributed by atoms with Gasteiger partial charge in [0.1, 0.15) is 5.69 Å². The molecule has 238 valence electrons. The van der Waals surface area contributed by atoms with Crippen LogP contribution >= 0.6 is 15.9 Å². The van der Waals surface area contributed by atoms with Crippen LogP contribution in [0.4, 0.5) is 23.7 Å². The highest BCUT2D eigenvalue weighted by Gasteiger charge is 2.50. The van der Waals surface area contributed by atoms with Crippen molar-refractivity contribution in [3.63, 3.8) is 0 Å². The molecule has 10 nitrogen and oxygen atoms in total. The number of carbonyl (C=O) groups is 2. The molecule has 44 heavy (non-hydrogen) atoms. The quantitative estimate of drug-likeness (QED) is 0.300. The first-order valence-electron chi connectivity index (χ1n) is 13.9. The summed E-state index contributed by atoms with van der Waals surface area (Å²) in [6, 6.07) is 14.4. The lowest BCUT2D eigenvalue weighted by molar-refractivity contribution is -0.192. The number of alkyl halides is 3. The Bertz CT molecular complexity index is 1480. The van der Waals surface area contributed by atoms with Crippen LogP contribution in [0.5, 0.6) is 11.5 Å². The fraction of sp³-hybridized carbons (Fsp3) is 0.433. The van der Waals surface area contributed by atoms with Gasteiger partial charge in [-0.2, -0.15) is 18.3 Å². The summed E-state index contributed by atoms with van der Waals surface area (Å²) >= 11 is 3.55. The highest BCUT2D eigenvalue weighted by Crippen LogP contribution is 2.49. The van der Waals surface area contributed by atoms with E-state index in [1.807, 2.05) is 43.6 Å². The van der Waals surface area contributed by atoms with Crippen LogP contribution < -0.4 is 20.1 Å². The van der Waals surface area contributed by atoms with E-state index < -0.39 is 12.1 Å². The number of hydrogen-bond donors (Lipinski definition) is 3. The monoisotopic (exact) mass is 681 g/mol. The van der Waals surface area contributed by atoms with Crippen LogP contribution in [0.15, 0.2) is 53.1 Å². The largest absolute Gasteiger partial charge is 0.493 e. The average molecular weight is 683 g/mol. The molecule has 2 fully saturated rings. The Morgan fingerprint density at radius 3 is 2.30 bits per heavy atom. The number of fused-ring (bicyclic) bond motifs is 1. The summed E-state index contributed by atoms with van der Waals surface area (Å²) in [6.07, 6.45) is 0.780. The van der Waals surface area contributed by atoms with Gasteiger partial charge in [-0.25, -0.2) is 9.59 Å². The maximum atomic E-state index is 12.9. The fourth-order valence-corrected chi connectivity index (χ4v) is 6.72. The van der Waals surface area contributed by atoms with E-state index in [1.165, 1.54) is 5.56 Å². The summed E-state index contributed by atoms with van der Waals surface area (Å²) < 4.78 is 45.5. The lowest BCUT2D eigenvalue weighted by atomic mass is 9.65. The lowest BCUT2D eigenvalue weighted by Gasteiger charge is -2.45. The molecule has 0 radical (unpaired) electrons. The molecule has 3 aromatic rings. The number of aryl methyl sites for hydroxylation is 1. The highest BCUT2D eigenvalue weighted by atomic mass is 79.9. The van der Waals surface area contributed by atoms with Crippen LogP contribution in [-0.2, 0) is 17.3 Å². The number of aromatic nitrogens is 2. The number of halogens is 4. The number of urea groups is 1. The van der Waals surface area contributed by atoms with Gasteiger partial charge in [0.15, 0.2) is 11.5 Å². The molecule has 2 amide bonds. The van der Waals surface area contributed by atoms with Crippen LogP contribution in [0.2, 0.25) is 0 Å². The number of rotatable bonds is 6. The number of carboxylic acid groups (broad SMARTS) is 1. The van der Waals surface area contributed by atoms with Gasteiger partial charge in [0.25, 0.3) is 0 Å². The molecule has 5 rings (SSSR count). The van der Waals surface area contributed by atoms with Gasteiger partial charge in [0, 0.05) is 42.0 Å². The number of likely N-dealkylation sites (tertiary alicyclic amines) is 1. The standard InChI is InChI=1S/C28H34BrN5O3.C2HF3O2/c1-33-14-13-28(19-7-10-23(36-3)24(15-19)37-4)12-11-21(16-25(28)33)31-27(35)30-20-8-5-18(6-9-20)26-22(29)17-34(2)32-26;3-2(4,5)1(6)7/h5-10,15,17,21,25H,11-14,16H2,1-4H3,(H2,30,31,35);(H,6,7). The van der Waals surface area contributed by atoms with Crippen LogP contribution in [0.3, 0.4) is 0 Å². The van der Waals surface area contributed by atoms with E-state index in [1.54, 1.807) is 18.9 Å². The van der Waals surface area contributed by atoms with Crippen LogP contribution in [0.1, 0.15) is 31.2 Å². The molecule has 1 aromatic heterocycles. The molecule has 1 aliphatic carbocycles. The maximum absolute atomic E-state index is 12.9. The van der Waals surface area contributed by atoms with Crippen LogP contribution in [0.25, 0.3) is 11.3 Å². The van der Waals surface area contributed by atoms with E-state index in [2.05, 4.69) is 55.7 Å². The molecule has 14 heteroatoms. The van der Waals surface area contributed by atoms with Crippen molar-refractivity contribution in [2.75, 3.05) is 33.1 Å². The second-order valence-corrected chi connectivity index (χ2v) is 11.8. The summed E-state index contributed by atoms with van der Waals surface area (Å²) in [7, 11) is 7.43. The minimum Gasteiger partial charge on any atom is -0.493 e. The van der Waals surface area contributed by atoms with Crippen molar-refractivity contribution in [3.05, 3.63) is 58.7 Å². The van der Waals surface area contributed by atoms with Crippen molar-refractivity contribution in [3.8, 4) is 22.8 Å². The predicted octanol–water partition coefficient (Wildman–Crippen LogP) is 5.82. The molecule has 2 heterocycles. The van der Waals surface area contributed by atoms with E-state index in [-0.39, 0.29) is 17.5 Å². The molecular weight excluding hydrogens is 647 g/mol. The van der Waals surface area contributed by atoms with Gasteiger partial charge in [0.2, 0.25) is 0 Å². The zero-order valence-electron chi connectivity index (χ0n) is 24.7. The lowest BCUT2D eigenvalue weighted by Crippen LogP contribution is -2.52. The number of carbonyl (C=O) groups excluding carboxylic acids is 1. The SMILES string of the molecule is COc1ccc(C23CCC(NC(=O)Nc4ccc(-c5nn(C)cc5Br)cc4)CC2N(C)CC3)cc1OC.O=C(O)C(F)(F)F. The van der Waals surface area contributed by atoms with Gasteiger partial charge >= 0.3 is 18.2 Å². The third-order valence-electron chi connectivity index (χ3n) is 8.26. The molecule has 3 N–H and O–H groups in total. The Hall–Kier alpha value is -3.78. The third-order valence-corrected chi connectivity index (χ3v) is 8.84. The zero-order valence-corrected chi connectivity index (χ0v) is 26.3. The van der Waals surface area contributed by atoms with Crippen molar-refractivity contribution in [2.45, 2.75) is 49.4 Å². The van der Waals surface area contributed by atoms with Crippen molar-refractivity contribution >= 4 is 33.6 Å². The second kappa shape index (κ2) is 13.5. The number of benzene rings is 2. The Morgan fingerprint density at radius 2 is 1.73 bits per heavy atom. The Balaban J connectivity index is 0.000000566. The second-order valence-electron chi connectivity index (χ2n) is 10.9. The number of ether oxygens (including phenoxy) is 2. The first-order valence-corrected chi connectivity index (χ1v) is 14.7. The minimum absolute atomic E-state index is 0.0541. The number of anilines is 1. The zero-order chi connectivity index (χ0) is 32.2. The van der Waals surface area contributed by atoms with Gasteiger partial charge in [-0.3, -0.25) is 4.68 Å². The highest BCUT2D eigenvalue weighted by molar-refractivity contribution is 9.10. The molecule has 0 spiro atoms. The number of methoxy groups -OCH3 is 2. The summed E-state index contributed by atoms with van der Waals surface area (Å²) in [5.74, 6) is -1.24. The van der Waals surface area contributed by atoms with E-state index in [0.29, 0.717) is 6.04 Å². The van der Waals surface area contributed by atoms with Gasteiger partial charge in [0.05, 0.1) is 18.7 Å². The number of hydrogen-bond acceptors (Lipinski definition) is 6. The van der Waals surface area contributed by atoms with Gasteiger partial charge in [-0.15, -0.1) is 0 Å².